The second-order valence-electron chi connectivity index (χ2n) is 8.30. The van der Waals surface area contributed by atoms with Gasteiger partial charge < -0.3 is 26.2 Å². The van der Waals surface area contributed by atoms with Gasteiger partial charge >= 0.3 is 0 Å². The summed E-state index contributed by atoms with van der Waals surface area (Å²) in [5.74, 6) is 4.81. The van der Waals surface area contributed by atoms with E-state index in [4.69, 9.17) is 5.11 Å². The number of nitrogens with zero attached hydrogens (tertiary/aromatic N) is 1. The van der Waals surface area contributed by atoms with Gasteiger partial charge in [-0.15, -0.1) is 0 Å². The van der Waals surface area contributed by atoms with Crippen molar-refractivity contribution in [2.45, 2.75) is 19.1 Å². The first-order valence-electron chi connectivity index (χ1n) is 11.4. The number of carbonyl (C=O) groups excluding carboxylic acids is 3. The molecule has 0 aliphatic carbocycles. The summed E-state index contributed by atoms with van der Waals surface area (Å²) >= 11 is 0. The molecule has 0 radical (unpaired) electrons. The molecular formula is C26H30N4O5. The van der Waals surface area contributed by atoms with Crippen LogP contribution in [0.4, 0.5) is 5.69 Å². The second-order valence-corrected chi connectivity index (χ2v) is 8.30. The maximum atomic E-state index is 12.4. The monoisotopic (exact) mass is 478 g/mol. The van der Waals surface area contributed by atoms with Crippen molar-refractivity contribution < 1.29 is 24.6 Å². The molecule has 9 heteroatoms. The first-order chi connectivity index (χ1) is 16.9. The summed E-state index contributed by atoms with van der Waals surface area (Å²) in [7, 11) is 0. The molecule has 2 atom stereocenters. The van der Waals surface area contributed by atoms with Crippen LogP contribution in [-0.2, 0) is 9.59 Å². The van der Waals surface area contributed by atoms with Crippen LogP contribution < -0.4 is 16.0 Å². The van der Waals surface area contributed by atoms with E-state index in [2.05, 4.69) is 32.7 Å². The van der Waals surface area contributed by atoms with E-state index >= 15 is 0 Å². The first-order valence-corrected chi connectivity index (χ1v) is 11.4. The van der Waals surface area contributed by atoms with Crippen molar-refractivity contribution >= 4 is 23.3 Å². The van der Waals surface area contributed by atoms with Crippen LogP contribution in [-0.4, -0.2) is 84.2 Å². The number of rotatable bonds is 8. The minimum absolute atomic E-state index is 0.0460. The predicted octanol–water partition coefficient (Wildman–Crippen LogP) is -0.0293. The summed E-state index contributed by atoms with van der Waals surface area (Å²) in [6.45, 7) is 4.48. The molecule has 5 N–H and O–H groups in total. The van der Waals surface area contributed by atoms with Crippen LogP contribution >= 0.6 is 0 Å². The van der Waals surface area contributed by atoms with Crippen LogP contribution in [0.1, 0.15) is 28.4 Å². The summed E-state index contributed by atoms with van der Waals surface area (Å²) < 4.78 is 0. The lowest BCUT2D eigenvalue weighted by Crippen LogP contribution is -2.48. The van der Waals surface area contributed by atoms with Crippen LogP contribution in [0.2, 0.25) is 0 Å². The molecule has 1 heterocycles. The highest BCUT2D eigenvalue weighted by molar-refractivity contribution is 5.98. The molecule has 1 fully saturated rings. The highest BCUT2D eigenvalue weighted by Gasteiger charge is 2.25. The zero-order valence-corrected chi connectivity index (χ0v) is 19.6. The quantitative estimate of drug-likeness (QED) is 0.337. The number of anilines is 1. The minimum atomic E-state index is -1.18. The van der Waals surface area contributed by atoms with Gasteiger partial charge in [0.25, 0.3) is 5.91 Å². The van der Waals surface area contributed by atoms with E-state index < -0.39 is 30.4 Å². The van der Waals surface area contributed by atoms with Gasteiger partial charge in [-0.1, -0.05) is 11.8 Å². The Kier molecular flexibility index (Phi) is 9.52. The van der Waals surface area contributed by atoms with Gasteiger partial charge in [-0.3, -0.25) is 19.3 Å². The zero-order valence-electron chi connectivity index (χ0n) is 19.6. The van der Waals surface area contributed by atoms with Gasteiger partial charge in [0.1, 0.15) is 12.6 Å². The summed E-state index contributed by atoms with van der Waals surface area (Å²) in [6.07, 6.45) is -1.13. The largest absolute Gasteiger partial charge is 0.391 e. The number of hydrogen-bond donors (Lipinski definition) is 5. The van der Waals surface area contributed by atoms with Gasteiger partial charge in [-0.05, 0) is 55.5 Å². The van der Waals surface area contributed by atoms with Crippen LogP contribution in [0.15, 0.2) is 48.5 Å². The third-order valence-corrected chi connectivity index (χ3v) is 5.52. The zero-order chi connectivity index (χ0) is 25.2. The molecule has 0 spiro atoms. The van der Waals surface area contributed by atoms with E-state index in [-0.39, 0.29) is 5.91 Å². The molecule has 1 aliphatic heterocycles. The summed E-state index contributed by atoms with van der Waals surface area (Å²) in [4.78, 5) is 38.4. The Bertz CT molecular complexity index is 1080. The maximum Gasteiger partial charge on any atom is 0.251 e. The van der Waals surface area contributed by atoms with E-state index in [0.717, 1.165) is 31.7 Å². The number of carbonyl (C=O) groups is 3. The lowest BCUT2D eigenvalue weighted by molar-refractivity contribution is -0.126. The Balaban J connectivity index is 1.54. The molecule has 0 bridgehead atoms. The van der Waals surface area contributed by atoms with Crippen molar-refractivity contribution in [1.29, 1.82) is 0 Å². The molecule has 2 amide bonds. The van der Waals surface area contributed by atoms with E-state index in [0.29, 0.717) is 23.4 Å². The van der Waals surface area contributed by atoms with Gasteiger partial charge in [0.05, 0.1) is 12.6 Å². The van der Waals surface area contributed by atoms with Crippen LogP contribution in [0, 0.1) is 11.8 Å². The third-order valence-electron chi connectivity index (χ3n) is 5.52. The van der Waals surface area contributed by atoms with Crippen molar-refractivity contribution in [3.63, 3.8) is 0 Å². The molecule has 9 nitrogen and oxygen atoms in total. The molecule has 35 heavy (non-hydrogen) atoms. The lowest BCUT2D eigenvalue weighted by atomic mass is 10.1. The van der Waals surface area contributed by atoms with Crippen molar-refractivity contribution in [3.05, 3.63) is 65.2 Å². The Morgan fingerprint density at radius 2 is 1.57 bits per heavy atom. The van der Waals surface area contributed by atoms with Gasteiger partial charge in [0.15, 0.2) is 5.78 Å². The van der Waals surface area contributed by atoms with Gasteiger partial charge in [-0.25, -0.2) is 0 Å². The van der Waals surface area contributed by atoms with E-state index in [9.17, 15) is 19.5 Å². The molecule has 0 aromatic heterocycles. The fraction of sp³-hybridized carbons (Fsp3) is 0.346. The standard InChI is InChI=1S/C26H30N4O5/c1-18(32)25(23(33)17-31)29-26(35)21-8-4-19(5-9-21)2-3-20-6-10-22(11-7-20)28-24(34)16-30-14-12-27-13-15-30/h4-11,18,25,27,31-32H,12-17H2,1H3,(H,28,34)(H,29,35)/t18-,25+/m1/s1. The molecule has 1 saturated heterocycles. The van der Waals surface area contributed by atoms with Crippen molar-refractivity contribution in [2.75, 3.05) is 44.6 Å². The Morgan fingerprint density at radius 3 is 2.11 bits per heavy atom. The Labute approximate surface area is 204 Å². The fourth-order valence-electron chi connectivity index (χ4n) is 3.55. The highest BCUT2D eigenvalue weighted by atomic mass is 16.3. The normalized spacial score (nSPS) is 15.3. The summed E-state index contributed by atoms with van der Waals surface area (Å²) in [5.41, 5.74) is 2.47. The molecular weight excluding hydrogens is 448 g/mol. The summed E-state index contributed by atoms with van der Waals surface area (Å²) in [5, 5.41) is 27.3. The Morgan fingerprint density at radius 1 is 1.00 bits per heavy atom. The maximum absolute atomic E-state index is 12.4. The predicted molar refractivity (Wildman–Crippen MR) is 132 cm³/mol. The average Bonchev–Trinajstić information content (AvgIpc) is 2.87. The number of aliphatic hydroxyl groups is 2. The number of amides is 2. The SMILES string of the molecule is C[C@@H](O)[C@H](NC(=O)c1ccc(C#Cc2ccc(NC(=O)CN3CCNCC3)cc2)cc1)C(=O)CO. The summed E-state index contributed by atoms with van der Waals surface area (Å²) in [6, 6.07) is 12.6. The molecule has 0 unspecified atom stereocenters. The van der Waals surface area contributed by atoms with Crippen LogP contribution in [0.5, 0.6) is 0 Å². The van der Waals surface area contributed by atoms with Gasteiger partial charge in [0, 0.05) is 48.6 Å². The molecule has 0 saturated carbocycles. The van der Waals surface area contributed by atoms with Crippen molar-refractivity contribution in [3.8, 4) is 11.8 Å². The van der Waals surface area contributed by atoms with Crippen molar-refractivity contribution in [2.24, 2.45) is 0 Å². The highest BCUT2D eigenvalue weighted by Crippen LogP contribution is 2.10. The van der Waals surface area contributed by atoms with Gasteiger partial charge in [-0.2, -0.15) is 0 Å². The first kappa shape index (κ1) is 26.1. The number of nitrogens with one attached hydrogen (secondary N) is 3. The molecule has 1 aliphatic rings. The van der Waals surface area contributed by atoms with E-state index in [1.54, 1.807) is 36.4 Å². The number of Topliss-reactive ketones (excluding diaryl/α,β-unsaturated/α-hetero) is 1. The fourth-order valence-corrected chi connectivity index (χ4v) is 3.55. The number of aliphatic hydroxyl groups excluding tert-OH is 2. The molecule has 2 aromatic rings. The number of piperazine rings is 1. The lowest BCUT2D eigenvalue weighted by Gasteiger charge is -2.26. The average molecular weight is 479 g/mol. The Hall–Kier alpha value is -3.55. The number of ketones is 1. The molecule has 3 rings (SSSR count). The van der Waals surface area contributed by atoms with Crippen LogP contribution in [0.3, 0.4) is 0 Å². The van der Waals surface area contributed by atoms with Gasteiger partial charge in [0.2, 0.25) is 5.91 Å². The smallest absolute Gasteiger partial charge is 0.251 e. The van der Waals surface area contributed by atoms with E-state index in [1.807, 2.05) is 12.1 Å². The molecule has 2 aromatic carbocycles. The number of benzene rings is 2. The second kappa shape index (κ2) is 12.8. The molecule has 184 valence electrons. The van der Waals surface area contributed by atoms with Crippen LogP contribution in [0.25, 0.3) is 0 Å². The topological polar surface area (TPSA) is 131 Å². The number of hydrogen-bond acceptors (Lipinski definition) is 7. The van der Waals surface area contributed by atoms with E-state index in [1.165, 1.54) is 6.92 Å². The van der Waals surface area contributed by atoms with Crippen molar-refractivity contribution in [1.82, 2.24) is 15.5 Å². The third kappa shape index (κ3) is 8.02. The minimum Gasteiger partial charge on any atom is -0.391 e.